The minimum absolute atomic E-state index is 0.00379. The lowest BCUT2D eigenvalue weighted by Gasteiger charge is -2.27. The Hall–Kier alpha value is -1.71. The van der Waals surface area contributed by atoms with Crippen molar-refractivity contribution in [2.45, 2.75) is 32.6 Å². The van der Waals surface area contributed by atoms with Crippen molar-refractivity contribution in [2.75, 3.05) is 30.3 Å². The van der Waals surface area contributed by atoms with Crippen molar-refractivity contribution >= 4 is 17.3 Å². The van der Waals surface area contributed by atoms with Crippen molar-refractivity contribution in [2.24, 2.45) is 11.8 Å². The van der Waals surface area contributed by atoms with Crippen LogP contribution in [-0.4, -0.2) is 25.5 Å². The van der Waals surface area contributed by atoms with E-state index in [2.05, 4.69) is 10.2 Å². The van der Waals surface area contributed by atoms with Crippen LogP contribution in [0.2, 0.25) is 0 Å². The monoisotopic (exact) mass is 287 g/mol. The zero-order chi connectivity index (χ0) is 14.8. The molecule has 4 heteroatoms. The van der Waals surface area contributed by atoms with E-state index < -0.39 is 0 Å². The van der Waals surface area contributed by atoms with Crippen LogP contribution in [0.4, 0.5) is 11.4 Å². The van der Waals surface area contributed by atoms with Crippen LogP contribution in [-0.2, 0) is 0 Å². The molecule has 4 nitrogen and oxygen atoms in total. The second kappa shape index (κ2) is 5.96. The third-order valence-electron chi connectivity index (χ3n) is 4.30. The first-order chi connectivity index (χ1) is 10.2. The van der Waals surface area contributed by atoms with E-state index in [4.69, 9.17) is 5.73 Å². The van der Waals surface area contributed by atoms with Crippen LogP contribution in [0.3, 0.4) is 0 Å². The van der Waals surface area contributed by atoms with Gasteiger partial charge in [0.1, 0.15) is 0 Å². The van der Waals surface area contributed by atoms with E-state index in [9.17, 15) is 4.79 Å². The van der Waals surface area contributed by atoms with Gasteiger partial charge < -0.3 is 16.0 Å². The Labute approximate surface area is 126 Å². The van der Waals surface area contributed by atoms with E-state index in [1.165, 1.54) is 25.7 Å². The summed E-state index contributed by atoms with van der Waals surface area (Å²) in [6.45, 7) is 4.72. The molecule has 2 fully saturated rings. The summed E-state index contributed by atoms with van der Waals surface area (Å²) in [4.78, 5) is 14.7. The maximum absolute atomic E-state index is 12.3. The van der Waals surface area contributed by atoms with Crippen LogP contribution in [0.1, 0.15) is 43.0 Å². The number of nitrogens with zero attached hydrogens (tertiary/aromatic N) is 1. The van der Waals surface area contributed by atoms with Crippen molar-refractivity contribution in [3.05, 3.63) is 23.8 Å². The Morgan fingerprint density at radius 3 is 2.38 bits per heavy atom. The van der Waals surface area contributed by atoms with Crippen molar-refractivity contribution < 1.29 is 4.79 Å². The lowest BCUT2D eigenvalue weighted by molar-refractivity contribution is 0.0956. The molecule has 1 amide bonds. The van der Waals surface area contributed by atoms with E-state index in [1.54, 1.807) is 0 Å². The minimum atomic E-state index is 0.00379. The Kier molecular flexibility index (Phi) is 4.04. The standard InChI is InChI=1S/C17H25N3O/c1-2-19-17(21)15-8-7-14(18)9-16(15)20(10-12-3-4-12)11-13-5-6-13/h7-9,12-13H,2-6,10-11,18H2,1H3,(H,19,21). The summed E-state index contributed by atoms with van der Waals surface area (Å²) < 4.78 is 0. The third kappa shape index (κ3) is 3.69. The number of carbonyl (C=O) groups excluding carboxylic acids is 1. The van der Waals surface area contributed by atoms with Crippen LogP contribution >= 0.6 is 0 Å². The summed E-state index contributed by atoms with van der Waals surface area (Å²) in [6.07, 6.45) is 5.28. The molecule has 2 saturated carbocycles. The number of nitrogens with one attached hydrogen (secondary N) is 1. The first-order valence-electron chi connectivity index (χ1n) is 8.10. The van der Waals surface area contributed by atoms with Gasteiger partial charge in [0, 0.05) is 25.3 Å². The predicted octanol–water partition coefficient (Wildman–Crippen LogP) is 2.64. The molecule has 0 unspecified atom stereocenters. The predicted molar refractivity (Wildman–Crippen MR) is 86.5 cm³/mol. The van der Waals surface area contributed by atoms with Gasteiger partial charge in [-0.15, -0.1) is 0 Å². The highest BCUT2D eigenvalue weighted by Gasteiger charge is 2.30. The molecule has 0 atom stereocenters. The highest BCUT2D eigenvalue weighted by molar-refractivity contribution is 6.00. The Morgan fingerprint density at radius 1 is 1.24 bits per heavy atom. The van der Waals surface area contributed by atoms with E-state index in [1.807, 2.05) is 25.1 Å². The van der Waals surface area contributed by atoms with Crippen LogP contribution in [0.25, 0.3) is 0 Å². The number of amides is 1. The third-order valence-corrected chi connectivity index (χ3v) is 4.30. The van der Waals surface area contributed by atoms with Crippen LogP contribution in [0.5, 0.6) is 0 Å². The zero-order valence-corrected chi connectivity index (χ0v) is 12.8. The number of nitrogen functional groups attached to an aromatic ring is 1. The Morgan fingerprint density at radius 2 is 1.86 bits per heavy atom. The number of hydrogen-bond donors (Lipinski definition) is 2. The second-order valence-corrected chi connectivity index (χ2v) is 6.43. The maximum atomic E-state index is 12.3. The summed E-state index contributed by atoms with van der Waals surface area (Å²) >= 11 is 0. The van der Waals surface area contributed by atoms with Gasteiger partial charge in [0.05, 0.1) is 11.3 Å². The highest BCUT2D eigenvalue weighted by atomic mass is 16.1. The number of nitrogens with two attached hydrogens (primary N) is 1. The van der Waals surface area contributed by atoms with E-state index >= 15 is 0 Å². The average Bonchev–Trinajstić information content (AvgIpc) is 3.33. The summed E-state index contributed by atoms with van der Waals surface area (Å²) in [7, 11) is 0. The summed E-state index contributed by atoms with van der Waals surface area (Å²) in [6, 6.07) is 5.65. The molecule has 0 aliphatic heterocycles. The molecule has 0 radical (unpaired) electrons. The van der Waals surface area contributed by atoms with Crippen molar-refractivity contribution in [1.29, 1.82) is 0 Å². The van der Waals surface area contributed by atoms with Crippen LogP contribution in [0.15, 0.2) is 18.2 Å². The number of benzene rings is 1. The first-order valence-corrected chi connectivity index (χ1v) is 8.10. The fourth-order valence-corrected chi connectivity index (χ4v) is 2.75. The molecule has 0 bridgehead atoms. The number of rotatable bonds is 7. The molecule has 1 aromatic rings. The summed E-state index contributed by atoms with van der Waals surface area (Å²) in [5.74, 6) is 1.60. The largest absolute Gasteiger partial charge is 0.399 e. The zero-order valence-electron chi connectivity index (χ0n) is 12.8. The molecular weight excluding hydrogens is 262 g/mol. The molecule has 0 spiro atoms. The summed E-state index contributed by atoms with van der Waals surface area (Å²) in [5.41, 5.74) is 8.48. The van der Waals surface area contributed by atoms with Crippen LogP contribution < -0.4 is 16.0 Å². The molecule has 0 aromatic heterocycles. The van der Waals surface area contributed by atoms with Crippen molar-refractivity contribution in [3.63, 3.8) is 0 Å². The SMILES string of the molecule is CCNC(=O)c1ccc(N)cc1N(CC1CC1)CC1CC1. The lowest BCUT2D eigenvalue weighted by atomic mass is 10.1. The van der Waals surface area contributed by atoms with Crippen LogP contribution in [0, 0.1) is 11.8 Å². The number of hydrogen-bond acceptors (Lipinski definition) is 3. The fraction of sp³-hybridized carbons (Fsp3) is 0.588. The van der Waals surface area contributed by atoms with Crippen molar-refractivity contribution in [1.82, 2.24) is 5.32 Å². The quantitative estimate of drug-likeness (QED) is 0.758. The van der Waals surface area contributed by atoms with E-state index in [-0.39, 0.29) is 5.91 Å². The molecular formula is C17H25N3O. The van der Waals surface area contributed by atoms with Gasteiger partial charge in [0.25, 0.3) is 5.91 Å². The van der Waals surface area contributed by atoms with Gasteiger partial charge in [-0.2, -0.15) is 0 Å². The molecule has 0 saturated heterocycles. The molecule has 3 N–H and O–H groups in total. The number of anilines is 2. The molecule has 0 heterocycles. The topological polar surface area (TPSA) is 58.4 Å². The van der Waals surface area contributed by atoms with Gasteiger partial charge in [-0.25, -0.2) is 0 Å². The smallest absolute Gasteiger partial charge is 0.253 e. The average molecular weight is 287 g/mol. The Balaban J connectivity index is 1.87. The molecule has 2 aliphatic rings. The molecule has 1 aromatic carbocycles. The van der Waals surface area contributed by atoms with Gasteiger partial charge in [-0.05, 0) is 62.6 Å². The van der Waals surface area contributed by atoms with Crippen molar-refractivity contribution in [3.8, 4) is 0 Å². The Bertz CT molecular complexity index is 507. The van der Waals surface area contributed by atoms with Gasteiger partial charge in [0.15, 0.2) is 0 Å². The van der Waals surface area contributed by atoms with E-state index in [0.717, 1.165) is 41.9 Å². The normalized spacial score (nSPS) is 17.6. The number of carbonyl (C=O) groups is 1. The van der Waals surface area contributed by atoms with Gasteiger partial charge in [-0.1, -0.05) is 0 Å². The second-order valence-electron chi connectivity index (χ2n) is 6.43. The van der Waals surface area contributed by atoms with Gasteiger partial charge in [-0.3, -0.25) is 4.79 Å². The first kappa shape index (κ1) is 14.2. The minimum Gasteiger partial charge on any atom is -0.399 e. The van der Waals surface area contributed by atoms with Gasteiger partial charge in [0.2, 0.25) is 0 Å². The fourth-order valence-electron chi connectivity index (χ4n) is 2.75. The summed E-state index contributed by atoms with van der Waals surface area (Å²) in [5, 5.41) is 2.91. The highest BCUT2D eigenvalue weighted by Crippen LogP contribution is 2.37. The lowest BCUT2D eigenvalue weighted by Crippen LogP contribution is -2.32. The molecule has 3 rings (SSSR count). The molecule has 114 valence electrons. The molecule has 2 aliphatic carbocycles. The van der Waals surface area contributed by atoms with Gasteiger partial charge >= 0.3 is 0 Å². The maximum Gasteiger partial charge on any atom is 0.253 e. The van der Waals surface area contributed by atoms with E-state index in [0.29, 0.717) is 6.54 Å². The molecule has 21 heavy (non-hydrogen) atoms.